The van der Waals surface area contributed by atoms with E-state index in [4.69, 9.17) is 11.6 Å². The molecule has 0 aliphatic rings. The highest BCUT2D eigenvalue weighted by atomic mass is 35.5. The molecule has 0 unspecified atom stereocenters. The lowest BCUT2D eigenvalue weighted by Crippen LogP contribution is -2.01. The Balaban J connectivity index is 2.78. The summed E-state index contributed by atoms with van der Waals surface area (Å²) in [5.41, 5.74) is 5.18. The van der Waals surface area contributed by atoms with Gasteiger partial charge in [-0.1, -0.05) is 29.3 Å². The Kier molecular flexibility index (Phi) is 3.63. The average molecular weight is 275 g/mol. The number of hydrogen-bond donors (Lipinski definition) is 1. The third-order valence-corrected chi connectivity index (χ3v) is 3.39. The van der Waals surface area contributed by atoms with E-state index < -0.39 is 5.97 Å². The van der Waals surface area contributed by atoms with Gasteiger partial charge >= 0.3 is 5.97 Å². The Hall–Kier alpha value is -1.80. The van der Waals surface area contributed by atoms with Gasteiger partial charge in [0, 0.05) is 5.02 Å². The molecule has 1 N–H and O–H groups in total. The van der Waals surface area contributed by atoms with Crippen LogP contribution < -0.4 is 0 Å². The van der Waals surface area contributed by atoms with Gasteiger partial charge in [0.1, 0.15) is 0 Å². The maximum atomic E-state index is 11.4. The van der Waals surface area contributed by atoms with E-state index in [1.165, 1.54) is 0 Å². The first-order valence-electron chi connectivity index (χ1n) is 6.01. The molecule has 0 aromatic heterocycles. The Morgan fingerprint density at radius 3 is 2.16 bits per heavy atom. The highest BCUT2D eigenvalue weighted by Crippen LogP contribution is 2.33. The van der Waals surface area contributed by atoms with Gasteiger partial charge < -0.3 is 5.11 Å². The summed E-state index contributed by atoms with van der Waals surface area (Å²) in [5.74, 6) is -0.939. The molecule has 0 atom stereocenters. The van der Waals surface area contributed by atoms with E-state index in [-0.39, 0.29) is 5.56 Å². The van der Waals surface area contributed by atoms with E-state index in [1.54, 1.807) is 18.2 Å². The molecule has 0 saturated carbocycles. The number of carbonyl (C=O) groups is 1. The fourth-order valence-electron chi connectivity index (χ4n) is 2.51. The van der Waals surface area contributed by atoms with Crippen molar-refractivity contribution in [2.45, 2.75) is 20.8 Å². The summed E-state index contributed by atoms with van der Waals surface area (Å²) in [7, 11) is 0. The molecule has 0 fully saturated rings. The van der Waals surface area contributed by atoms with E-state index in [9.17, 15) is 9.90 Å². The molecule has 0 amide bonds. The number of rotatable bonds is 2. The van der Waals surface area contributed by atoms with Crippen LogP contribution in [-0.4, -0.2) is 11.1 Å². The van der Waals surface area contributed by atoms with E-state index in [0.717, 1.165) is 22.3 Å². The maximum Gasteiger partial charge on any atom is 0.336 e. The van der Waals surface area contributed by atoms with Crippen LogP contribution in [0, 0.1) is 20.8 Å². The molecule has 98 valence electrons. The second kappa shape index (κ2) is 5.06. The predicted octanol–water partition coefficient (Wildman–Crippen LogP) is 4.63. The summed E-state index contributed by atoms with van der Waals surface area (Å²) < 4.78 is 0. The Labute approximate surface area is 117 Å². The molecule has 19 heavy (non-hydrogen) atoms. The monoisotopic (exact) mass is 274 g/mol. The van der Waals surface area contributed by atoms with Crippen LogP contribution in [0.2, 0.25) is 5.02 Å². The second-order valence-electron chi connectivity index (χ2n) is 4.77. The lowest BCUT2D eigenvalue weighted by Gasteiger charge is -2.14. The molecule has 0 heterocycles. The summed E-state index contributed by atoms with van der Waals surface area (Å²) in [6.45, 7) is 6.00. The zero-order chi connectivity index (χ0) is 14.2. The molecule has 0 radical (unpaired) electrons. The second-order valence-corrected chi connectivity index (χ2v) is 5.21. The van der Waals surface area contributed by atoms with E-state index in [0.29, 0.717) is 10.6 Å². The van der Waals surface area contributed by atoms with Crippen molar-refractivity contribution in [2.24, 2.45) is 0 Å². The highest BCUT2D eigenvalue weighted by Gasteiger charge is 2.15. The number of aromatic carboxylic acids is 1. The SMILES string of the molecule is Cc1cc(C)c(-c2cc(Cl)ccc2C(=O)O)c(C)c1. The van der Waals surface area contributed by atoms with Crippen molar-refractivity contribution in [1.29, 1.82) is 0 Å². The van der Waals surface area contributed by atoms with Crippen LogP contribution in [0.15, 0.2) is 30.3 Å². The van der Waals surface area contributed by atoms with Crippen molar-refractivity contribution in [3.05, 3.63) is 57.6 Å². The van der Waals surface area contributed by atoms with Crippen molar-refractivity contribution >= 4 is 17.6 Å². The molecule has 0 aliphatic carbocycles. The molecule has 2 nitrogen and oxygen atoms in total. The number of carboxylic acid groups (broad SMARTS) is 1. The zero-order valence-electron chi connectivity index (χ0n) is 11.1. The summed E-state index contributed by atoms with van der Waals surface area (Å²) in [6, 6.07) is 8.98. The van der Waals surface area contributed by atoms with Crippen LogP contribution in [0.3, 0.4) is 0 Å². The van der Waals surface area contributed by atoms with Crippen LogP contribution in [0.4, 0.5) is 0 Å². The summed E-state index contributed by atoms with van der Waals surface area (Å²) in [4.78, 5) is 11.4. The average Bonchev–Trinajstić information content (AvgIpc) is 2.27. The minimum atomic E-state index is -0.939. The highest BCUT2D eigenvalue weighted by molar-refractivity contribution is 6.31. The number of benzene rings is 2. The topological polar surface area (TPSA) is 37.3 Å². The Morgan fingerprint density at radius 2 is 1.63 bits per heavy atom. The van der Waals surface area contributed by atoms with Crippen LogP contribution in [0.1, 0.15) is 27.0 Å². The van der Waals surface area contributed by atoms with Crippen LogP contribution in [-0.2, 0) is 0 Å². The van der Waals surface area contributed by atoms with E-state index in [1.807, 2.05) is 20.8 Å². The van der Waals surface area contributed by atoms with Gasteiger partial charge in [0.25, 0.3) is 0 Å². The molecular formula is C16H15ClO2. The smallest absolute Gasteiger partial charge is 0.336 e. The molecule has 2 aromatic rings. The van der Waals surface area contributed by atoms with Gasteiger partial charge in [-0.3, -0.25) is 0 Å². The first-order chi connectivity index (χ1) is 8.90. The number of carboxylic acids is 1. The van der Waals surface area contributed by atoms with E-state index >= 15 is 0 Å². The molecule has 2 aromatic carbocycles. The van der Waals surface area contributed by atoms with Crippen LogP contribution >= 0.6 is 11.6 Å². The van der Waals surface area contributed by atoms with Gasteiger partial charge in [0.05, 0.1) is 5.56 Å². The van der Waals surface area contributed by atoms with Crippen molar-refractivity contribution in [2.75, 3.05) is 0 Å². The summed E-state index contributed by atoms with van der Waals surface area (Å²) >= 11 is 6.01. The minimum absolute atomic E-state index is 0.277. The summed E-state index contributed by atoms with van der Waals surface area (Å²) in [6.07, 6.45) is 0. The van der Waals surface area contributed by atoms with Crippen molar-refractivity contribution in [3.8, 4) is 11.1 Å². The Morgan fingerprint density at radius 1 is 1.05 bits per heavy atom. The lowest BCUT2D eigenvalue weighted by molar-refractivity contribution is 0.0698. The maximum absolute atomic E-state index is 11.4. The molecule has 0 aliphatic heterocycles. The lowest BCUT2D eigenvalue weighted by atomic mass is 9.91. The predicted molar refractivity (Wildman–Crippen MR) is 78.1 cm³/mol. The van der Waals surface area contributed by atoms with E-state index in [2.05, 4.69) is 12.1 Å². The van der Waals surface area contributed by atoms with Gasteiger partial charge in [0.2, 0.25) is 0 Å². The first-order valence-corrected chi connectivity index (χ1v) is 6.39. The van der Waals surface area contributed by atoms with Crippen molar-refractivity contribution < 1.29 is 9.90 Å². The molecule has 0 spiro atoms. The molecule has 3 heteroatoms. The molecular weight excluding hydrogens is 260 g/mol. The van der Waals surface area contributed by atoms with Gasteiger partial charge in [0.15, 0.2) is 0 Å². The third-order valence-electron chi connectivity index (χ3n) is 3.16. The minimum Gasteiger partial charge on any atom is -0.478 e. The molecule has 0 saturated heterocycles. The van der Waals surface area contributed by atoms with Gasteiger partial charge in [-0.05, 0) is 61.2 Å². The fraction of sp³-hybridized carbons (Fsp3) is 0.188. The zero-order valence-corrected chi connectivity index (χ0v) is 11.9. The first kappa shape index (κ1) is 13.6. The summed E-state index contributed by atoms with van der Waals surface area (Å²) in [5, 5.41) is 9.85. The van der Waals surface area contributed by atoms with Crippen LogP contribution in [0.25, 0.3) is 11.1 Å². The van der Waals surface area contributed by atoms with Gasteiger partial charge in [-0.2, -0.15) is 0 Å². The van der Waals surface area contributed by atoms with Crippen molar-refractivity contribution in [3.63, 3.8) is 0 Å². The Bertz CT molecular complexity index is 637. The largest absolute Gasteiger partial charge is 0.478 e. The fourth-order valence-corrected chi connectivity index (χ4v) is 2.69. The quantitative estimate of drug-likeness (QED) is 0.867. The van der Waals surface area contributed by atoms with Crippen molar-refractivity contribution in [1.82, 2.24) is 0 Å². The van der Waals surface area contributed by atoms with Gasteiger partial charge in [-0.25, -0.2) is 4.79 Å². The number of halogens is 1. The molecule has 0 bridgehead atoms. The number of aryl methyl sites for hydroxylation is 3. The number of hydrogen-bond acceptors (Lipinski definition) is 1. The van der Waals surface area contributed by atoms with Crippen LogP contribution in [0.5, 0.6) is 0 Å². The normalized spacial score (nSPS) is 10.5. The molecule has 2 rings (SSSR count). The third kappa shape index (κ3) is 2.64. The van der Waals surface area contributed by atoms with Gasteiger partial charge in [-0.15, -0.1) is 0 Å². The standard InChI is InChI=1S/C16H15ClO2/c1-9-6-10(2)15(11(3)7-9)14-8-12(17)4-5-13(14)16(18)19/h4-8H,1-3H3,(H,18,19).